The van der Waals surface area contributed by atoms with Crippen LogP contribution in [0.5, 0.6) is 0 Å². The van der Waals surface area contributed by atoms with Gasteiger partial charge in [-0.1, -0.05) is 20.8 Å². The zero-order valence-corrected chi connectivity index (χ0v) is 20.3. The van der Waals surface area contributed by atoms with Crippen molar-refractivity contribution in [3.05, 3.63) is 0 Å². The second kappa shape index (κ2) is 6.80. The summed E-state index contributed by atoms with van der Waals surface area (Å²) in [6.45, 7) is 9.40. The van der Waals surface area contributed by atoms with Gasteiger partial charge in [0.05, 0.1) is 24.2 Å². The predicted octanol–water partition coefficient (Wildman–Crippen LogP) is 4.09. The number of Topliss-reactive ketones (excluding diaryl/α,β-unsaturated/α-hetero) is 1. The number of carbonyl (C=O) groups is 1. The summed E-state index contributed by atoms with van der Waals surface area (Å²) < 4.78 is 12.9. The van der Waals surface area contributed by atoms with Crippen LogP contribution in [0.2, 0.25) is 0 Å². The summed E-state index contributed by atoms with van der Waals surface area (Å²) in [7, 11) is 0. The van der Waals surface area contributed by atoms with E-state index in [1.807, 2.05) is 0 Å². The van der Waals surface area contributed by atoms with E-state index in [0.717, 1.165) is 51.4 Å². The highest BCUT2D eigenvalue weighted by molar-refractivity contribution is 5.88. The van der Waals surface area contributed by atoms with Crippen LogP contribution in [-0.2, 0) is 14.3 Å². The first-order valence-electron chi connectivity index (χ1n) is 13.3. The molecule has 4 saturated carbocycles. The molecule has 0 unspecified atom stereocenters. The summed E-state index contributed by atoms with van der Waals surface area (Å²) in [5, 5.41) is 22.7. The maximum Gasteiger partial charge on any atom is 0.174 e. The Balaban J connectivity index is 1.34. The molecule has 0 amide bonds. The minimum Gasteiger partial charge on any atom is -0.393 e. The number of carbonyl (C=O) groups excluding carboxylic acids is 1. The van der Waals surface area contributed by atoms with E-state index in [1.165, 1.54) is 0 Å². The Morgan fingerprint density at radius 3 is 2.50 bits per heavy atom. The van der Waals surface area contributed by atoms with Gasteiger partial charge >= 0.3 is 0 Å². The number of rotatable bonds is 0. The second-order valence-corrected chi connectivity index (χ2v) is 13.1. The zero-order valence-electron chi connectivity index (χ0n) is 20.3. The summed E-state index contributed by atoms with van der Waals surface area (Å²) in [6, 6.07) is 0. The Morgan fingerprint density at radius 2 is 1.78 bits per heavy atom. The smallest absolute Gasteiger partial charge is 0.174 e. The van der Waals surface area contributed by atoms with E-state index in [1.54, 1.807) is 0 Å². The van der Waals surface area contributed by atoms with Gasteiger partial charge in [0.2, 0.25) is 0 Å². The molecule has 0 radical (unpaired) electrons. The van der Waals surface area contributed by atoms with E-state index in [-0.39, 0.29) is 35.2 Å². The average Bonchev–Trinajstić information content (AvgIpc) is 3.11. The molecule has 2 saturated heterocycles. The monoisotopic (exact) mass is 446 g/mol. The van der Waals surface area contributed by atoms with Crippen molar-refractivity contribution in [1.29, 1.82) is 0 Å². The van der Waals surface area contributed by atoms with Gasteiger partial charge in [0, 0.05) is 18.8 Å². The molecule has 2 aliphatic heterocycles. The number of ether oxygens (including phenoxy) is 2. The SMILES string of the molecule is C[C@@H]1CC[C@@]2(OC1)O[C@H]1C[C@H]3[C@@H]4CC[C@H]5C[C@@H](O)CC[C@]5(C)[C@H]4CC(=O)[C@]3(C)[C@@]1(O)[C@@H]2C. The molecule has 2 N–H and O–H groups in total. The maximum atomic E-state index is 14.0. The molecule has 6 fully saturated rings. The third kappa shape index (κ3) is 2.47. The highest BCUT2D eigenvalue weighted by Crippen LogP contribution is 2.71. The second-order valence-electron chi connectivity index (χ2n) is 13.1. The normalized spacial score (nSPS) is 61.8. The Labute approximate surface area is 192 Å². The van der Waals surface area contributed by atoms with Crippen LogP contribution >= 0.6 is 0 Å². The fourth-order valence-electron chi connectivity index (χ4n) is 9.87. The molecule has 4 aliphatic carbocycles. The van der Waals surface area contributed by atoms with Crippen molar-refractivity contribution in [2.24, 2.45) is 46.3 Å². The van der Waals surface area contributed by atoms with Gasteiger partial charge in [-0.3, -0.25) is 4.79 Å². The van der Waals surface area contributed by atoms with Crippen LogP contribution in [-0.4, -0.2) is 46.2 Å². The summed E-state index contributed by atoms with van der Waals surface area (Å²) >= 11 is 0. The van der Waals surface area contributed by atoms with E-state index in [2.05, 4.69) is 27.7 Å². The molecule has 32 heavy (non-hydrogen) atoms. The standard InChI is InChI=1S/C27H42O5/c1-15-7-10-26(31-14-15)16(2)27(30)23(32-26)13-21-19-6-5-17-11-18(28)8-9-24(17,3)20(19)12-22(29)25(21,27)4/h15-21,23,28,30H,5-14H2,1-4H3/t15-,16-,17+,18+,19-,20+,21+,23+,24+,25-,26-,27-/m1/s1. The van der Waals surface area contributed by atoms with Crippen LogP contribution in [0.3, 0.4) is 0 Å². The molecule has 6 aliphatic rings. The lowest BCUT2D eigenvalue weighted by molar-refractivity contribution is -0.274. The summed E-state index contributed by atoms with van der Waals surface area (Å²) in [5.74, 6) is 1.34. The van der Waals surface area contributed by atoms with Crippen LogP contribution in [0.25, 0.3) is 0 Å². The molecule has 5 heteroatoms. The minimum atomic E-state index is -1.15. The van der Waals surface area contributed by atoms with Crippen LogP contribution in [0, 0.1) is 46.3 Å². The van der Waals surface area contributed by atoms with Crippen LogP contribution in [0.4, 0.5) is 0 Å². The molecule has 0 aromatic rings. The number of aliphatic hydroxyl groups excluding tert-OH is 1. The Kier molecular flexibility index (Phi) is 4.68. The fraction of sp³-hybridized carbons (Fsp3) is 0.963. The summed E-state index contributed by atoms with van der Waals surface area (Å²) in [4.78, 5) is 14.0. The van der Waals surface area contributed by atoms with Crippen molar-refractivity contribution in [3.8, 4) is 0 Å². The van der Waals surface area contributed by atoms with Crippen LogP contribution < -0.4 is 0 Å². The highest BCUT2D eigenvalue weighted by Gasteiger charge is 2.78. The lowest BCUT2D eigenvalue weighted by Crippen LogP contribution is -2.64. The molecule has 0 bridgehead atoms. The molecule has 12 atom stereocenters. The number of fused-ring (bicyclic) bond motifs is 7. The largest absolute Gasteiger partial charge is 0.393 e. The number of ketones is 1. The van der Waals surface area contributed by atoms with Crippen molar-refractivity contribution in [2.75, 3.05) is 6.61 Å². The summed E-state index contributed by atoms with van der Waals surface area (Å²) in [5.41, 5.74) is -1.78. The van der Waals surface area contributed by atoms with Gasteiger partial charge in [-0.15, -0.1) is 0 Å². The van der Waals surface area contributed by atoms with Crippen LogP contribution in [0.1, 0.15) is 85.5 Å². The molecular formula is C27H42O5. The van der Waals surface area contributed by atoms with E-state index >= 15 is 0 Å². The number of aliphatic hydroxyl groups is 2. The van der Waals surface area contributed by atoms with E-state index < -0.39 is 16.8 Å². The van der Waals surface area contributed by atoms with Gasteiger partial charge in [-0.25, -0.2) is 0 Å². The minimum absolute atomic E-state index is 0.135. The average molecular weight is 447 g/mol. The van der Waals surface area contributed by atoms with Gasteiger partial charge in [0.25, 0.3) is 0 Å². The lowest BCUT2D eigenvalue weighted by Gasteiger charge is -2.61. The molecule has 5 nitrogen and oxygen atoms in total. The van der Waals surface area contributed by atoms with E-state index in [4.69, 9.17) is 9.47 Å². The first-order valence-corrected chi connectivity index (χ1v) is 13.3. The first-order chi connectivity index (χ1) is 15.1. The molecule has 1 spiro atoms. The Morgan fingerprint density at radius 1 is 1.00 bits per heavy atom. The highest BCUT2D eigenvalue weighted by atomic mass is 16.7. The zero-order chi connectivity index (χ0) is 22.7. The van der Waals surface area contributed by atoms with Gasteiger partial charge in [-0.2, -0.15) is 0 Å². The Bertz CT molecular complexity index is 804. The third-order valence-electron chi connectivity index (χ3n) is 12.0. The lowest BCUT2D eigenvalue weighted by atomic mass is 9.43. The summed E-state index contributed by atoms with van der Waals surface area (Å²) in [6.07, 6.45) is 7.72. The molecule has 0 aromatic heterocycles. The number of hydrogen-bond donors (Lipinski definition) is 2. The first kappa shape index (κ1) is 22.0. The third-order valence-corrected chi connectivity index (χ3v) is 12.0. The van der Waals surface area contributed by atoms with Gasteiger partial charge in [0.1, 0.15) is 11.4 Å². The van der Waals surface area contributed by atoms with Crippen molar-refractivity contribution < 1.29 is 24.5 Å². The van der Waals surface area contributed by atoms with E-state index in [9.17, 15) is 15.0 Å². The topological polar surface area (TPSA) is 76.0 Å². The molecule has 180 valence electrons. The molecule has 2 heterocycles. The van der Waals surface area contributed by atoms with Crippen molar-refractivity contribution in [3.63, 3.8) is 0 Å². The van der Waals surface area contributed by atoms with Crippen LogP contribution in [0.15, 0.2) is 0 Å². The van der Waals surface area contributed by atoms with Crippen molar-refractivity contribution in [2.45, 2.75) is 109 Å². The number of hydrogen-bond acceptors (Lipinski definition) is 5. The molecule has 0 aromatic carbocycles. The predicted molar refractivity (Wildman–Crippen MR) is 120 cm³/mol. The van der Waals surface area contributed by atoms with Gasteiger partial charge in [0.15, 0.2) is 5.79 Å². The molecule has 6 rings (SSSR count). The van der Waals surface area contributed by atoms with Gasteiger partial charge in [-0.05, 0) is 86.9 Å². The van der Waals surface area contributed by atoms with Crippen molar-refractivity contribution in [1.82, 2.24) is 0 Å². The quantitative estimate of drug-likeness (QED) is 0.586. The van der Waals surface area contributed by atoms with Crippen molar-refractivity contribution >= 4 is 5.78 Å². The molecular weight excluding hydrogens is 404 g/mol. The maximum absolute atomic E-state index is 14.0. The van der Waals surface area contributed by atoms with E-state index in [0.29, 0.717) is 36.7 Å². The van der Waals surface area contributed by atoms with Gasteiger partial charge < -0.3 is 19.7 Å². The fourth-order valence-corrected chi connectivity index (χ4v) is 9.87. The Hall–Kier alpha value is -0.490.